The molecule has 1 aliphatic heterocycles. The van der Waals surface area contributed by atoms with Crippen LogP contribution >= 0.6 is 0 Å². The molecular weight excluding hydrogens is 243 g/mol. The van der Waals surface area contributed by atoms with Crippen LogP contribution in [0.5, 0.6) is 0 Å². The molecule has 1 fully saturated rings. The number of nitrogens with two attached hydrogens (primary N) is 1. The van der Waals surface area contributed by atoms with Crippen LogP contribution in [0.25, 0.3) is 0 Å². The quantitative estimate of drug-likeness (QED) is 0.886. The molecule has 1 aliphatic rings. The summed E-state index contributed by atoms with van der Waals surface area (Å²) in [7, 11) is 2.05. The molecule has 0 amide bonds. The van der Waals surface area contributed by atoms with Gasteiger partial charge in [-0.05, 0) is 38.1 Å². The second-order valence-corrected chi connectivity index (χ2v) is 5.61. The molecule has 106 valence electrons. The average Bonchev–Trinajstić information content (AvgIpc) is 2.92. The van der Waals surface area contributed by atoms with Crippen LogP contribution in [0.15, 0.2) is 24.3 Å². The molecule has 0 aliphatic carbocycles. The zero-order valence-corrected chi connectivity index (χ0v) is 11.7. The molecule has 3 nitrogen and oxygen atoms in total. The largest absolute Gasteiger partial charge is 0.381 e. The number of nitrogens with zero attached hydrogens (tertiary/aromatic N) is 1. The molecule has 2 unspecified atom stereocenters. The highest BCUT2D eigenvalue weighted by atomic mass is 19.1. The van der Waals surface area contributed by atoms with Gasteiger partial charge in [0.15, 0.2) is 0 Å². The molecule has 0 radical (unpaired) electrons. The van der Waals surface area contributed by atoms with E-state index in [4.69, 9.17) is 10.5 Å². The van der Waals surface area contributed by atoms with Gasteiger partial charge in [0.05, 0.1) is 6.61 Å². The van der Waals surface area contributed by atoms with E-state index in [-0.39, 0.29) is 11.4 Å². The topological polar surface area (TPSA) is 38.5 Å². The molecule has 19 heavy (non-hydrogen) atoms. The Hall–Kier alpha value is -0.970. The van der Waals surface area contributed by atoms with Crippen molar-refractivity contribution in [2.45, 2.75) is 25.4 Å². The third kappa shape index (κ3) is 3.14. The van der Waals surface area contributed by atoms with Gasteiger partial charge in [-0.2, -0.15) is 0 Å². The van der Waals surface area contributed by atoms with Crippen molar-refractivity contribution in [3.8, 4) is 0 Å². The lowest BCUT2D eigenvalue weighted by Gasteiger charge is -2.42. The fraction of sp³-hybridized carbons (Fsp3) is 0.600. The SMILES string of the molecule is CN(Cc1cccc(F)c1)C(C)(CN)C1CCOC1. The molecule has 0 aromatic heterocycles. The van der Waals surface area contributed by atoms with E-state index in [2.05, 4.69) is 18.9 Å². The zero-order valence-electron chi connectivity index (χ0n) is 11.7. The van der Waals surface area contributed by atoms with E-state index < -0.39 is 0 Å². The molecule has 0 bridgehead atoms. The first kappa shape index (κ1) is 14.4. The van der Waals surface area contributed by atoms with Gasteiger partial charge in [-0.15, -0.1) is 0 Å². The van der Waals surface area contributed by atoms with Crippen molar-refractivity contribution in [3.63, 3.8) is 0 Å². The van der Waals surface area contributed by atoms with E-state index in [0.717, 1.165) is 25.2 Å². The first-order chi connectivity index (χ1) is 9.06. The average molecular weight is 266 g/mol. The maximum Gasteiger partial charge on any atom is 0.123 e. The molecule has 1 aromatic carbocycles. The van der Waals surface area contributed by atoms with E-state index in [0.29, 0.717) is 19.0 Å². The van der Waals surface area contributed by atoms with E-state index in [9.17, 15) is 4.39 Å². The van der Waals surface area contributed by atoms with Crippen molar-refractivity contribution in [2.75, 3.05) is 26.8 Å². The third-order valence-corrected chi connectivity index (χ3v) is 4.40. The maximum absolute atomic E-state index is 13.2. The van der Waals surface area contributed by atoms with Gasteiger partial charge in [0.25, 0.3) is 0 Å². The summed E-state index contributed by atoms with van der Waals surface area (Å²) in [6.07, 6.45) is 1.04. The van der Waals surface area contributed by atoms with E-state index >= 15 is 0 Å². The summed E-state index contributed by atoms with van der Waals surface area (Å²) in [6, 6.07) is 6.74. The predicted molar refractivity (Wildman–Crippen MR) is 74.3 cm³/mol. The summed E-state index contributed by atoms with van der Waals surface area (Å²) >= 11 is 0. The monoisotopic (exact) mass is 266 g/mol. The van der Waals surface area contributed by atoms with Crippen LogP contribution in [-0.2, 0) is 11.3 Å². The van der Waals surface area contributed by atoms with Crippen LogP contribution in [-0.4, -0.2) is 37.2 Å². The van der Waals surface area contributed by atoms with Crippen molar-refractivity contribution in [1.29, 1.82) is 0 Å². The highest BCUT2D eigenvalue weighted by molar-refractivity contribution is 5.16. The molecule has 2 rings (SSSR count). The Balaban J connectivity index is 2.09. The minimum atomic E-state index is -0.190. The third-order valence-electron chi connectivity index (χ3n) is 4.40. The summed E-state index contributed by atoms with van der Waals surface area (Å²) in [6.45, 7) is 5.02. The number of hydrogen-bond acceptors (Lipinski definition) is 3. The van der Waals surface area contributed by atoms with Crippen molar-refractivity contribution in [3.05, 3.63) is 35.6 Å². The smallest absolute Gasteiger partial charge is 0.123 e. The van der Waals surface area contributed by atoms with Crippen LogP contribution in [0.3, 0.4) is 0 Å². The van der Waals surface area contributed by atoms with Crippen LogP contribution in [0, 0.1) is 11.7 Å². The van der Waals surface area contributed by atoms with Crippen molar-refractivity contribution in [2.24, 2.45) is 11.7 Å². The van der Waals surface area contributed by atoms with E-state index in [1.807, 2.05) is 6.07 Å². The van der Waals surface area contributed by atoms with Crippen LogP contribution in [0.1, 0.15) is 18.9 Å². The van der Waals surface area contributed by atoms with E-state index in [1.54, 1.807) is 12.1 Å². The molecule has 1 heterocycles. The highest BCUT2D eigenvalue weighted by Crippen LogP contribution is 2.30. The zero-order chi connectivity index (χ0) is 13.9. The highest BCUT2D eigenvalue weighted by Gasteiger charge is 2.38. The number of benzene rings is 1. The molecule has 0 saturated carbocycles. The number of hydrogen-bond donors (Lipinski definition) is 1. The lowest BCUT2D eigenvalue weighted by atomic mass is 9.83. The number of ether oxygens (including phenoxy) is 1. The standard InChI is InChI=1S/C15H23FN2O/c1-15(11-17,13-6-7-19-10-13)18(2)9-12-4-3-5-14(16)8-12/h3-5,8,13H,6-7,9-11,17H2,1-2H3. The second kappa shape index (κ2) is 5.99. The van der Waals surface area contributed by atoms with Crippen molar-refractivity contribution >= 4 is 0 Å². The Bertz CT molecular complexity index is 420. The van der Waals surface area contributed by atoms with Gasteiger partial charge < -0.3 is 10.5 Å². The molecule has 1 aromatic rings. The number of halogens is 1. The molecule has 2 atom stereocenters. The first-order valence-electron chi connectivity index (χ1n) is 6.80. The van der Waals surface area contributed by atoms with Crippen molar-refractivity contribution < 1.29 is 9.13 Å². The minimum absolute atomic E-state index is 0.108. The lowest BCUT2D eigenvalue weighted by molar-refractivity contribution is 0.0609. The van der Waals surface area contributed by atoms with Gasteiger partial charge in [-0.3, -0.25) is 4.90 Å². The maximum atomic E-state index is 13.2. The summed E-state index contributed by atoms with van der Waals surface area (Å²) in [5, 5.41) is 0. The van der Waals surface area contributed by atoms with Crippen LogP contribution < -0.4 is 5.73 Å². The van der Waals surface area contributed by atoms with Gasteiger partial charge >= 0.3 is 0 Å². The summed E-state index contributed by atoms with van der Waals surface area (Å²) in [4.78, 5) is 2.22. The Labute approximate surface area is 114 Å². The van der Waals surface area contributed by atoms with Crippen molar-refractivity contribution in [1.82, 2.24) is 4.90 Å². The molecule has 4 heteroatoms. The molecule has 2 N–H and O–H groups in total. The van der Waals surface area contributed by atoms with E-state index in [1.165, 1.54) is 6.07 Å². The van der Waals surface area contributed by atoms with Gasteiger partial charge in [0.2, 0.25) is 0 Å². The number of rotatable bonds is 5. The molecule has 1 saturated heterocycles. The Morgan fingerprint density at radius 3 is 2.89 bits per heavy atom. The normalized spacial score (nSPS) is 22.7. The van der Waals surface area contributed by atoms with Crippen LogP contribution in [0.4, 0.5) is 4.39 Å². The fourth-order valence-electron chi connectivity index (χ4n) is 2.75. The minimum Gasteiger partial charge on any atom is -0.381 e. The Morgan fingerprint density at radius 2 is 2.32 bits per heavy atom. The van der Waals surface area contributed by atoms with Gasteiger partial charge in [-0.1, -0.05) is 12.1 Å². The first-order valence-corrected chi connectivity index (χ1v) is 6.80. The lowest BCUT2D eigenvalue weighted by Crippen LogP contribution is -2.54. The molecular formula is C15H23FN2O. The fourth-order valence-corrected chi connectivity index (χ4v) is 2.75. The second-order valence-electron chi connectivity index (χ2n) is 5.61. The Kier molecular flexibility index (Phi) is 4.55. The summed E-state index contributed by atoms with van der Waals surface area (Å²) in [5.41, 5.74) is 6.86. The summed E-state index contributed by atoms with van der Waals surface area (Å²) < 4.78 is 18.7. The van der Waals surface area contributed by atoms with Crippen LogP contribution in [0.2, 0.25) is 0 Å². The number of likely N-dealkylation sites (N-methyl/N-ethyl adjacent to an activating group) is 1. The van der Waals surface area contributed by atoms with Gasteiger partial charge in [0, 0.05) is 31.2 Å². The Morgan fingerprint density at radius 1 is 1.53 bits per heavy atom. The molecule has 0 spiro atoms. The summed E-state index contributed by atoms with van der Waals surface area (Å²) in [5.74, 6) is 0.251. The predicted octanol–water partition coefficient (Wildman–Crippen LogP) is 2.01. The van der Waals surface area contributed by atoms with Gasteiger partial charge in [-0.25, -0.2) is 4.39 Å². The van der Waals surface area contributed by atoms with Gasteiger partial charge in [0.1, 0.15) is 5.82 Å².